The van der Waals surface area contributed by atoms with Gasteiger partial charge in [0.15, 0.2) is 5.76 Å². The van der Waals surface area contributed by atoms with Gasteiger partial charge in [0.05, 0.1) is 4.90 Å². The molecule has 0 saturated carbocycles. The fourth-order valence-corrected chi connectivity index (χ4v) is 3.86. The van der Waals surface area contributed by atoms with Gasteiger partial charge in [0.1, 0.15) is 0 Å². The van der Waals surface area contributed by atoms with Crippen molar-refractivity contribution in [3.63, 3.8) is 0 Å². The van der Waals surface area contributed by atoms with Crippen LogP contribution in [0.3, 0.4) is 0 Å². The Morgan fingerprint density at radius 1 is 1.08 bits per heavy atom. The first-order chi connectivity index (χ1) is 12.3. The van der Waals surface area contributed by atoms with E-state index in [1.807, 2.05) is 0 Å². The fourth-order valence-electron chi connectivity index (χ4n) is 2.24. The van der Waals surface area contributed by atoms with Gasteiger partial charge in [-0.05, 0) is 61.0 Å². The maximum Gasteiger partial charge on any atom is 0.291 e. The highest BCUT2D eigenvalue weighted by Gasteiger charge is 2.23. The van der Waals surface area contributed by atoms with Crippen LogP contribution >= 0.6 is 27.5 Å². The van der Waals surface area contributed by atoms with E-state index >= 15 is 0 Å². The molecule has 0 fully saturated rings. The summed E-state index contributed by atoms with van der Waals surface area (Å²) >= 11 is 9.28. The van der Waals surface area contributed by atoms with Crippen LogP contribution < -0.4 is 5.32 Å². The van der Waals surface area contributed by atoms with Crippen LogP contribution in [0.25, 0.3) is 0 Å². The molecule has 0 bridgehead atoms. The zero-order chi connectivity index (χ0) is 18.9. The topological polar surface area (TPSA) is 76.4 Å². The van der Waals surface area contributed by atoms with E-state index in [1.54, 1.807) is 37.3 Å². The summed E-state index contributed by atoms with van der Waals surface area (Å²) in [5.74, 6) is -0.673. The SMILES string of the molecule is Cc1c(Cl)cccc1NC(=O)c1ccc(S(=O)(=O)c2ccc(Br)cc2)o1. The molecule has 0 aliphatic rings. The summed E-state index contributed by atoms with van der Waals surface area (Å²) in [5.41, 5.74) is 1.23. The van der Waals surface area contributed by atoms with E-state index in [2.05, 4.69) is 21.2 Å². The first-order valence-electron chi connectivity index (χ1n) is 7.46. The average Bonchev–Trinajstić information content (AvgIpc) is 3.10. The molecule has 3 aromatic rings. The molecule has 0 saturated heterocycles. The molecule has 0 atom stereocenters. The molecule has 1 amide bonds. The van der Waals surface area contributed by atoms with Crippen molar-refractivity contribution in [1.82, 2.24) is 0 Å². The highest BCUT2D eigenvalue weighted by atomic mass is 79.9. The molecule has 0 unspecified atom stereocenters. The van der Waals surface area contributed by atoms with Crippen LogP contribution in [0.2, 0.25) is 5.02 Å². The van der Waals surface area contributed by atoms with Crippen molar-refractivity contribution in [2.24, 2.45) is 0 Å². The van der Waals surface area contributed by atoms with E-state index in [1.165, 1.54) is 24.3 Å². The van der Waals surface area contributed by atoms with Crippen LogP contribution in [0, 0.1) is 6.92 Å². The number of anilines is 1. The first kappa shape index (κ1) is 18.7. The van der Waals surface area contributed by atoms with Crippen molar-refractivity contribution >= 4 is 49.0 Å². The normalized spacial score (nSPS) is 11.3. The monoisotopic (exact) mass is 453 g/mol. The lowest BCUT2D eigenvalue weighted by Gasteiger charge is -2.08. The quantitative estimate of drug-likeness (QED) is 0.596. The molecule has 26 heavy (non-hydrogen) atoms. The Kier molecular flexibility index (Phi) is 5.22. The lowest BCUT2D eigenvalue weighted by molar-refractivity contribution is 0.0991. The lowest BCUT2D eigenvalue weighted by atomic mass is 10.2. The minimum absolute atomic E-state index is 0.0766. The molecule has 2 aromatic carbocycles. The minimum Gasteiger partial charge on any atom is -0.439 e. The number of hydrogen-bond acceptors (Lipinski definition) is 4. The van der Waals surface area contributed by atoms with Gasteiger partial charge in [0.25, 0.3) is 5.91 Å². The standard InChI is InChI=1S/C18H13BrClNO4S/c1-11-14(20)3-2-4-15(11)21-18(22)16-9-10-17(25-16)26(23,24)13-7-5-12(19)6-8-13/h2-10H,1H3,(H,21,22). The number of carbonyl (C=O) groups excluding carboxylic acids is 1. The number of carbonyl (C=O) groups is 1. The van der Waals surface area contributed by atoms with Crippen LogP contribution in [-0.4, -0.2) is 14.3 Å². The smallest absolute Gasteiger partial charge is 0.291 e. The van der Waals surface area contributed by atoms with Crippen molar-refractivity contribution in [1.29, 1.82) is 0 Å². The number of amides is 1. The van der Waals surface area contributed by atoms with E-state index < -0.39 is 15.7 Å². The molecule has 1 N–H and O–H groups in total. The summed E-state index contributed by atoms with van der Waals surface area (Å²) in [6, 6.07) is 13.8. The average molecular weight is 455 g/mol. The summed E-state index contributed by atoms with van der Waals surface area (Å²) in [6.07, 6.45) is 0. The third-order valence-electron chi connectivity index (χ3n) is 3.71. The molecule has 0 spiro atoms. The fraction of sp³-hybridized carbons (Fsp3) is 0.0556. The zero-order valence-corrected chi connectivity index (χ0v) is 16.7. The Balaban J connectivity index is 1.86. The largest absolute Gasteiger partial charge is 0.439 e. The molecule has 5 nitrogen and oxygen atoms in total. The molecule has 0 aliphatic heterocycles. The Bertz CT molecular complexity index is 1070. The van der Waals surface area contributed by atoms with Gasteiger partial charge in [0, 0.05) is 15.2 Å². The van der Waals surface area contributed by atoms with Gasteiger partial charge in [-0.3, -0.25) is 4.79 Å². The van der Waals surface area contributed by atoms with Gasteiger partial charge in [-0.1, -0.05) is 33.6 Å². The van der Waals surface area contributed by atoms with Crippen molar-refractivity contribution < 1.29 is 17.6 Å². The van der Waals surface area contributed by atoms with Crippen molar-refractivity contribution in [2.45, 2.75) is 16.9 Å². The van der Waals surface area contributed by atoms with E-state index in [-0.39, 0.29) is 15.7 Å². The predicted molar refractivity (Wildman–Crippen MR) is 102 cm³/mol. The number of halogens is 2. The number of hydrogen-bond donors (Lipinski definition) is 1. The van der Waals surface area contributed by atoms with Gasteiger partial charge < -0.3 is 9.73 Å². The molecule has 0 radical (unpaired) electrons. The van der Waals surface area contributed by atoms with E-state index in [0.29, 0.717) is 16.3 Å². The maximum absolute atomic E-state index is 12.6. The Morgan fingerprint density at radius 3 is 2.46 bits per heavy atom. The predicted octanol–water partition coefficient (Wildman–Crippen LogP) is 5.09. The van der Waals surface area contributed by atoms with Gasteiger partial charge in [0.2, 0.25) is 14.9 Å². The maximum atomic E-state index is 12.6. The van der Waals surface area contributed by atoms with Crippen LogP contribution in [0.1, 0.15) is 16.1 Å². The highest BCUT2D eigenvalue weighted by Crippen LogP contribution is 2.26. The van der Waals surface area contributed by atoms with Gasteiger partial charge in [-0.2, -0.15) is 0 Å². The van der Waals surface area contributed by atoms with Crippen LogP contribution in [0.5, 0.6) is 0 Å². The number of nitrogens with one attached hydrogen (secondary N) is 1. The lowest BCUT2D eigenvalue weighted by Crippen LogP contribution is -2.12. The summed E-state index contributed by atoms with van der Waals surface area (Å²) in [6.45, 7) is 1.77. The molecule has 3 rings (SSSR count). The summed E-state index contributed by atoms with van der Waals surface area (Å²) < 4.78 is 31.2. The molecule has 1 heterocycles. The molecule has 8 heteroatoms. The molecular formula is C18H13BrClNO4S. The molecule has 0 aliphatic carbocycles. The number of benzene rings is 2. The van der Waals surface area contributed by atoms with E-state index in [9.17, 15) is 13.2 Å². The minimum atomic E-state index is -3.84. The Hall–Kier alpha value is -2.09. The number of furan rings is 1. The zero-order valence-electron chi connectivity index (χ0n) is 13.5. The number of rotatable bonds is 4. The van der Waals surface area contributed by atoms with Crippen LogP contribution in [0.4, 0.5) is 5.69 Å². The second-order valence-electron chi connectivity index (χ2n) is 5.44. The first-order valence-corrected chi connectivity index (χ1v) is 10.1. The van der Waals surface area contributed by atoms with Crippen LogP contribution in [0.15, 0.2) is 73.5 Å². The molecular weight excluding hydrogens is 442 g/mol. The summed E-state index contributed by atoms with van der Waals surface area (Å²) in [7, 11) is -3.84. The third-order valence-corrected chi connectivity index (χ3v) is 6.29. The van der Waals surface area contributed by atoms with Gasteiger partial charge in [-0.25, -0.2) is 8.42 Å². The summed E-state index contributed by atoms with van der Waals surface area (Å²) in [5, 5.41) is 2.88. The van der Waals surface area contributed by atoms with Crippen molar-refractivity contribution in [2.75, 3.05) is 5.32 Å². The van der Waals surface area contributed by atoms with E-state index in [0.717, 1.165) is 4.47 Å². The Morgan fingerprint density at radius 2 is 1.77 bits per heavy atom. The third kappa shape index (κ3) is 3.70. The van der Waals surface area contributed by atoms with E-state index in [4.69, 9.17) is 16.0 Å². The highest BCUT2D eigenvalue weighted by molar-refractivity contribution is 9.10. The van der Waals surface area contributed by atoms with Crippen molar-refractivity contribution in [3.05, 3.63) is 75.4 Å². The summed E-state index contributed by atoms with van der Waals surface area (Å²) in [4.78, 5) is 12.4. The van der Waals surface area contributed by atoms with Gasteiger partial charge in [-0.15, -0.1) is 0 Å². The second kappa shape index (κ2) is 7.26. The molecule has 1 aromatic heterocycles. The molecule has 134 valence electrons. The number of sulfone groups is 1. The Labute approximate surface area is 164 Å². The van der Waals surface area contributed by atoms with Gasteiger partial charge >= 0.3 is 0 Å². The second-order valence-corrected chi connectivity index (χ2v) is 8.65. The van der Waals surface area contributed by atoms with Crippen molar-refractivity contribution in [3.8, 4) is 0 Å². The van der Waals surface area contributed by atoms with Crippen LogP contribution in [-0.2, 0) is 9.84 Å².